The highest BCUT2D eigenvalue weighted by Crippen LogP contribution is 2.30. The molecular formula is C17H17N3O2S2. The molecule has 0 aliphatic rings. The lowest BCUT2D eigenvalue weighted by Gasteiger charge is -2.17. The van der Waals surface area contributed by atoms with Gasteiger partial charge in [-0.05, 0) is 43.4 Å². The molecule has 1 atom stereocenters. The number of para-hydroxylation sites is 3. The van der Waals surface area contributed by atoms with E-state index >= 15 is 0 Å². The first-order valence-corrected chi connectivity index (χ1v) is 8.90. The highest BCUT2D eigenvalue weighted by atomic mass is 32.2. The van der Waals surface area contributed by atoms with Crippen LogP contribution in [0.15, 0.2) is 59.0 Å². The Bertz CT molecular complexity index is 833. The summed E-state index contributed by atoms with van der Waals surface area (Å²) in [5.74, 6) is 1.95. The maximum atomic E-state index is 6.04. The smallest absolute Gasteiger partial charge is 0.284 e. The Morgan fingerprint density at radius 2 is 1.96 bits per heavy atom. The van der Waals surface area contributed by atoms with Crippen LogP contribution >= 0.6 is 24.0 Å². The van der Waals surface area contributed by atoms with Crippen LogP contribution in [-0.4, -0.2) is 15.6 Å². The number of H-pyrrole nitrogens is 1. The van der Waals surface area contributed by atoms with Gasteiger partial charge in [-0.2, -0.15) is 0 Å². The third-order valence-corrected chi connectivity index (χ3v) is 4.31. The Kier molecular flexibility index (Phi) is 5.55. The molecule has 124 valence electrons. The van der Waals surface area contributed by atoms with E-state index in [0.717, 1.165) is 17.1 Å². The van der Waals surface area contributed by atoms with Crippen LogP contribution in [0, 0.1) is 4.84 Å². The molecule has 1 unspecified atom stereocenters. The van der Waals surface area contributed by atoms with Gasteiger partial charge >= 0.3 is 0 Å². The molecule has 0 bridgehead atoms. The van der Waals surface area contributed by atoms with Crippen molar-refractivity contribution >= 4 is 35.4 Å². The van der Waals surface area contributed by atoms with Gasteiger partial charge in [0.25, 0.3) is 4.84 Å². The van der Waals surface area contributed by atoms with Crippen LogP contribution in [-0.2, 0) is 5.75 Å². The molecule has 0 radical (unpaired) electrons. The van der Waals surface area contributed by atoms with Gasteiger partial charge in [0.2, 0.25) is 5.89 Å². The third-order valence-electron chi connectivity index (χ3n) is 3.16. The number of nitrogens with zero attached hydrogens (tertiary/aromatic N) is 1. The molecule has 2 aromatic carbocycles. The zero-order valence-electron chi connectivity index (χ0n) is 13.1. The summed E-state index contributed by atoms with van der Waals surface area (Å²) in [5.41, 5.74) is 1.87. The maximum Gasteiger partial charge on any atom is 0.284 e. The number of aromatic amines is 1. The van der Waals surface area contributed by atoms with E-state index in [9.17, 15) is 0 Å². The predicted octanol–water partition coefficient (Wildman–Crippen LogP) is 5.13. The van der Waals surface area contributed by atoms with Gasteiger partial charge in [-0.15, -0.1) is 16.9 Å². The van der Waals surface area contributed by atoms with Gasteiger partial charge in [0.1, 0.15) is 11.2 Å². The van der Waals surface area contributed by atoms with Crippen molar-refractivity contribution in [1.82, 2.24) is 10.2 Å². The summed E-state index contributed by atoms with van der Waals surface area (Å²) in [5, 5.41) is 9.97. The van der Waals surface area contributed by atoms with E-state index in [1.807, 2.05) is 61.5 Å². The molecule has 0 amide bonds. The van der Waals surface area contributed by atoms with E-state index in [-0.39, 0.29) is 10.3 Å². The molecule has 24 heavy (non-hydrogen) atoms. The van der Waals surface area contributed by atoms with Crippen LogP contribution < -0.4 is 10.1 Å². The first-order chi connectivity index (χ1) is 11.7. The van der Waals surface area contributed by atoms with E-state index in [0.29, 0.717) is 11.6 Å². The molecular weight excluding hydrogens is 342 g/mol. The Morgan fingerprint density at radius 1 is 1.21 bits per heavy atom. The summed E-state index contributed by atoms with van der Waals surface area (Å²) in [6.45, 7) is 1.99. The second-order valence-corrected chi connectivity index (χ2v) is 6.65. The monoisotopic (exact) mass is 359 g/mol. The Morgan fingerprint density at radius 3 is 2.71 bits per heavy atom. The van der Waals surface area contributed by atoms with Crippen molar-refractivity contribution in [3.63, 3.8) is 0 Å². The molecule has 2 N–H and O–H groups in total. The van der Waals surface area contributed by atoms with E-state index in [4.69, 9.17) is 21.4 Å². The molecule has 7 heteroatoms. The molecule has 0 aliphatic carbocycles. The lowest BCUT2D eigenvalue weighted by Crippen LogP contribution is -2.08. The van der Waals surface area contributed by atoms with Gasteiger partial charge < -0.3 is 14.5 Å². The highest BCUT2D eigenvalue weighted by Gasteiger charge is 2.11. The summed E-state index contributed by atoms with van der Waals surface area (Å²) >= 11 is 6.44. The first kappa shape index (κ1) is 16.6. The first-order valence-electron chi connectivity index (χ1n) is 7.44. The maximum absolute atomic E-state index is 6.04. The molecule has 0 saturated heterocycles. The number of aromatic nitrogens is 2. The van der Waals surface area contributed by atoms with Crippen LogP contribution in [0.5, 0.6) is 5.75 Å². The molecule has 0 spiro atoms. The minimum atomic E-state index is -0.0656. The van der Waals surface area contributed by atoms with Crippen molar-refractivity contribution in [2.75, 3.05) is 5.32 Å². The van der Waals surface area contributed by atoms with E-state index in [2.05, 4.69) is 15.5 Å². The molecule has 3 rings (SSSR count). The molecule has 0 fully saturated rings. The molecule has 1 heterocycles. The fourth-order valence-corrected chi connectivity index (χ4v) is 2.89. The van der Waals surface area contributed by atoms with Crippen LogP contribution in [0.1, 0.15) is 12.8 Å². The SMILES string of the molecule is CC(Oc1ccccc1Nc1ccccc1)SCc1n[nH]c(=S)o1. The lowest BCUT2D eigenvalue weighted by molar-refractivity contribution is 0.309. The van der Waals surface area contributed by atoms with Crippen LogP contribution in [0.4, 0.5) is 11.4 Å². The summed E-state index contributed by atoms with van der Waals surface area (Å²) in [7, 11) is 0. The van der Waals surface area contributed by atoms with E-state index in [1.165, 1.54) is 0 Å². The fourth-order valence-electron chi connectivity index (χ4n) is 2.07. The predicted molar refractivity (Wildman–Crippen MR) is 99.2 cm³/mol. The van der Waals surface area contributed by atoms with Gasteiger partial charge in [0.15, 0.2) is 0 Å². The Hall–Kier alpha value is -2.25. The highest BCUT2D eigenvalue weighted by molar-refractivity contribution is 7.98. The fraction of sp³-hybridized carbons (Fsp3) is 0.176. The van der Waals surface area contributed by atoms with E-state index in [1.54, 1.807) is 11.8 Å². The van der Waals surface area contributed by atoms with Gasteiger partial charge in [-0.1, -0.05) is 30.3 Å². The molecule has 5 nitrogen and oxygen atoms in total. The second-order valence-electron chi connectivity index (χ2n) is 4.99. The van der Waals surface area contributed by atoms with Crippen molar-refractivity contribution < 1.29 is 9.15 Å². The summed E-state index contributed by atoms with van der Waals surface area (Å²) in [6.07, 6.45) is 0. The summed E-state index contributed by atoms with van der Waals surface area (Å²) in [4.78, 5) is 0.288. The van der Waals surface area contributed by atoms with Crippen LogP contribution in [0.25, 0.3) is 0 Å². The van der Waals surface area contributed by atoms with E-state index < -0.39 is 0 Å². The normalized spacial score (nSPS) is 11.9. The number of anilines is 2. The minimum Gasteiger partial charge on any atom is -0.478 e. The third kappa shape index (κ3) is 4.62. The van der Waals surface area contributed by atoms with Gasteiger partial charge in [-0.25, -0.2) is 5.10 Å². The summed E-state index contributed by atoms with van der Waals surface area (Å²) in [6, 6.07) is 17.9. The van der Waals surface area contributed by atoms with Gasteiger partial charge in [0.05, 0.1) is 11.4 Å². The number of thioether (sulfide) groups is 1. The number of benzene rings is 2. The van der Waals surface area contributed by atoms with Crippen molar-refractivity contribution in [2.45, 2.75) is 18.1 Å². The molecule has 0 saturated carbocycles. The number of hydrogen-bond acceptors (Lipinski definition) is 6. The lowest BCUT2D eigenvalue weighted by atomic mass is 10.2. The summed E-state index contributed by atoms with van der Waals surface area (Å²) < 4.78 is 11.3. The minimum absolute atomic E-state index is 0.0656. The van der Waals surface area contributed by atoms with Gasteiger partial charge in [-0.3, -0.25) is 0 Å². The topological polar surface area (TPSA) is 63.1 Å². The number of hydrogen-bond donors (Lipinski definition) is 2. The van der Waals surface area contributed by atoms with Gasteiger partial charge in [0, 0.05) is 5.69 Å². The number of rotatable bonds is 7. The molecule has 0 aliphatic heterocycles. The largest absolute Gasteiger partial charge is 0.478 e. The van der Waals surface area contributed by atoms with Crippen molar-refractivity contribution in [3.05, 3.63) is 65.3 Å². The van der Waals surface area contributed by atoms with Crippen molar-refractivity contribution in [3.8, 4) is 5.75 Å². The zero-order valence-corrected chi connectivity index (χ0v) is 14.7. The zero-order chi connectivity index (χ0) is 16.8. The average molecular weight is 359 g/mol. The molecule has 1 aromatic heterocycles. The average Bonchev–Trinajstić information content (AvgIpc) is 3.01. The van der Waals surface area contributed by atoms with Crippen LogP contribution in [0.2, 0.25) is 0 Å². The van der Waals surface area contributed by atoms with Crippen LogP contribution in [0.3, 0.4) is 0 Å². The Labute approximate surface area is 149 Å². The van der Waals surface area contributed by atoms with Crippen molar-refractivity contribution in [1.29, 1.82) is 0 Å². The number of ether oxygens (including phenoxy) is 1. The van der Waals surface area contributed by atoms with Crippen molar-refractivity contribution in [2.24, 2.45) is 0 Å². The number of nitrogens with one attached hydrogen (secondary N) is 2. The standard InChI is InChI=1S/C17H17N3O2S2/c1-12(24-11-16-19-20-17(23)22-16)21-15-10-6-5-9-14(15)18-13-7-3-2-4-8-13/h2-10,12,18H,11H2,1H3,(H,20,23). The Balaban J connectivity index is 1.63. The molecule has 3 aromatic rings. The quantitative estimate of drug-likeness (QED) is 0.450. The second kappa shape index (κ2) is 8.03.